The first kappa shape index (κ1) is 24.8. The lowest BCUT2D eigenvalue weighted by Gasteiger charge is -2.33. The number of carbonyl (C=O) groups is 1. The van der Waals surface area contributed by atoms with Crippen molar-refractivity contribution in [2.45, 2.75) is 24.7 Å². The Morgan fingerprint density at radius 2 is 1.81 bits per heavy atom. The van der Waals surface area contributed by atoms with Gasteiger partial charge in [-0.15, -0.1) is 0 Å². The van der Waals surface area contributed by atoms with Crippen LogP contribution < -0.4 is 20.1 Å². The van der Waals surface area contributed by atoms with E-state index < -0.39 is 24.2 Å². The van der Waals surface area contributed by atoms with Crippen LogP contribution in [0.4, 0.5) is 24.7 Å². The number of hydrogen-bond acceptors (Lipinski definition) is 5. The van der Waals surface area contributed by atoms with Gasteiger partial charge in [-0.25, -0.2) is 4.68 Å². The molecule has 0 aliphatic carbocycles. The number of alkyl halides is 3. The highest BCUT2D eigenvalue weighted by atomic mass is 35.5. The van der Waals surface area contributed by atoms with Crippen LogP contribution in [-0.2, 0) is 0 Å². The summed E-state index contributed by atoms with van der Waals surface area (Å²) in [4.78, 5) is 13.1. The van der Waals surface area contributed by atoms with Crippen LogP contribution in [0.1, 0.15) is 34.6 Å². The Bertz CT molecular complexity index is 1480. The van der Waals surface area contributed by atoms with Crippen molar-refractivity contribution < 1.29 is 27.4 Å². The fourth-order valence-electron chi connectivity index (χ4n) is 4.54. The number of aromatic nitrogens is 2. The lowest BCUT2D eigenvalue weighted by Crippen LogP contribution is -2.35. The second kappa shape index (κ2) is 9.51. The maximum absolute atomic E-state index is 14.2. The highest BCUT2D eigenvalue weighted by Crippen LogP contribution is 2.47. The first-order valence-electron chi connectivity index (χ1n) is 11.3. The van der Waals surface area contributed by atoms with Crippen molar-refractivity contribution in [1.29, 1.82) is 0 Å². The summed E-state index contributed by atoms with van der Waals surface area (Å²) in [5.41, 5.74) is 0.727. The van der Waals surface area contributed by atoms with E-state index in [1.54, 1.807) is 30.3 Å². The number of ether oxygens (including phenoxy) is 2. The molecule has 7 nitrogen and oxygen atoms in total. The van der Waals surface area contributed by atoms with Crippen molar-refractivity contribution >= 4 is 39.8 Å². The summed E-state index contributed by atoms with van der Waals surface area (Å²) in [6, 6.07) is 14.9. The van der Waals surface area contributed by atoms with Gasteiger partial charge < -0.3 is 20.1 Å². The molecular weight excluding hydrogens is 509 g/mol. The van der Waals surface area contributed by atoms with Crippen molar-refractivity contribution in [3.05, 3.63) is 76.9 Å². The van der Waals surface area contributed by atoms with E-state index in [1.807, 2.05) is 30.3 Å². The van der Waals surface area contributed by atoms with Gasteiger partial charge in [0.25, 0.3) is 5.91 Å². The Morgan fingerprint density at radius 1 is 1.08 bits per heavy atom. The van der Waals surface area contributed by atoms with Gasteiger partial charge in [0.05, 0.1) is 20.3 Å². The fourth-order valence-corrected chi connectivity index (χ4v) is 4.80. The number of methoxy groups -OCH3 is 2. The molecule has 2 N–H and O–H groups in total. The summed E-state index contributed by atoms with van der Waals surface area (Å²) in [6.45, 7) is 0. The number of amides is 1. The van der Waals surface area contributed by atoms with Crippen LogP contribution in [0.5, 0.6) is 11.5 Å². The minimum Gasteiger partial charge on any atom is -0.493 e. The molecule has 2 atom stereocenters. The summed E-state index contributed by atoms with van der Waals surface area (Å²) in [7, 11) is 2.92. The number of carbonyl (C=O) groups excluding carboxylic acids is 1. The fraction of sp³-hybridized carbons (Fsp3) is 0.231. The second-order valence-corrected chi connectivity index (χ2v) is 8.92. The van der Waals surface area contributed by atoms with Gasteiger partial charge >= 0.3 is 6.18 Å². The first-order valence-corrected chi connectivity index (χ1v) is 11.7. The lowest BCUT2D eigenvalue weighted by atomic mass is 9.96. The van der Waals surface area contributed by atoms with Crippen molar-refractivity contribution in [3.8, 4) is 11.5 Å². The van der Waals surface area contributed by atoms with Gasteiger partial charge in [0.1, 0.15) is 10.8 Å². The van der Waals surface area contributed by atoms with Crippen LogP contribution in [-0.4, -0.2) is 36.1 Å². The Balaban J connectivity index is 1.51. The van der Waals surface area contributed by atoms with Crippen LogP contribution in [0.15, 0.2) is 60.7 Å². The summed E-state index contributed by atoms with van der Waals surface area (Å²) in [5, 5.41) is 11.3. The molecule has 1 aromatic heterocycles. The molecule has 0 fully saturated rings. The maximum atomic E-state index is 14.2. The monoisotopic (exact) mass is 530 g/mol. The van der Waals surface area contributed by atoms with Crippen molar-refractivity contribution in [2.75, 3.05) is 24.9 Å². The lowest BCUT2D eigenvalue weighted by molar-refractivity contribution is -0.173. The van der Waals surface area contributed by atoms with Crippen LogP contribution in [0.25, 0.3) is 10.8 Å². The van der Waals surface area contributed by atoms with Gasteiger partial charge in [0.2, 0.25) is 0 Å². The summed E-state index contributed by atoms with van der Waals surface area (Å²) in [5.74, 6) is 0.0299. The maximum Gasteiger partial charge on any atom is 0.410 e. The van der Waals surface area contributed by atoms with Gasteiger partial charge in [-0.2, -0.15) is 18.3 Å². The van der Waals surface area contributed by atoms with Crippen LogP contribution in [0.2, 0.25) is 5.02 Å². The molecule has 3 aromatic carbocycles. The standard InChI is InChI=1S/C26H22ClF3N4O3/c1-36-19-11-10-15(12-20(19)37-2)18-13-21(26(28,29)30)34-24(31-18)22(27)23(33-34)25(35)32-17-9-5-7-14-6-3-4-8-16(14)17/h3-12,18,21,31H,13H2,1-2H3,(H,32,35)/t18-,21-/m0/s1. The van der Waals surface area contributed by atoms with Crippen molar-refractivity contribution in [3.63, 3.8) is 0 Å². The molecule has 1 aliphatic heterocycles. The smallest absolute Gasteiger partial charge is 0.410 e. The third-order valence-corrected chi connectivity index (χ3v) is 6.72. The molecule has 0 spiro atoms. The first-order chi connectivity index (χ1) is 17.7. The number of fused-ring (bicyclic) bond motifs is 2. The number of hydrogen-bond donors (Lipinski definition) is 2. The van der Waals surface area contributed by atoms with Gasteiger partial charge in [-0.1, -0.05) is 54.1 Å². The summed E-state index contributed by atoms with van der Waals surface area (Å²) in [6.07, 6.45) is -5.00. The van der Waals surface area contributed by atoms with Crippen LogP contribution in [0.3, 0.4) is 0 Å². The van der Waals surface area contributed by atoms with E-state index in [0.29, 0.717) is 22.7 Å². The molecular formula is C26H22ClF3N4O3. The molecule has 37 heavy (non-hydrogen) atoms. The normalized spacial score (nSPS) is 17.1. The quantitative estimate of drug-likeness (QED) is 0.303. The van der Waals surface area contributed by atoms with E-state index >= 15 is 0 Å². The van der Waals surface area contributed by atoms with E-state index in [2.05, 4.69) is 15.7 Å². The molecule has 192 valence electrons. The molecule has 4 aromatic rings. The van der Waals surface area contributed by atoms with Gasteiger partial charge in [-0.3, -0.25) is 4.79 Å². The Labute approximate surface area is 215 Å². The zero-order valence-electron chi connectivity index (χ0n) is 19.8. The van der Waals surface area contributed by atoms with E-state index in [0.717, 1.165) is 15.5 Å². The third kappa shape index (κ3) is 4.53. The van der Waals surface area contributed by atoms with E-state index in [-0.39, 0.29) is 23.0 Å². The molecule has 0 saturated heterocycles. The number of anilines is 2. The average molecular weight is 531 g/mol. The van der Waals surface area contributed by atoms with Crippen LogP contribution in [0, 0.1) is 0 Å². The second-order valence-electron chi connectivity index (χ2n) is 8.54. The topological polar surface area (TPSA) is 77.4 Å². The summed E-state index contributed by atoms with van der Waals surface area (Å²) < 4.78 is 53.8. The highest BCUT2D eigenvalue weighted by Gasteiger charge is 2.48. The molecule has 1 aliphatic rings. The number of benzene rings is 3. The van der Waals surface area contributed by atoms with E-state index in [1.165, 1.54) is 14.2 Å². The molecule has 0 saturated carbocycles. The SMILES string of the molecule is COc1ccc([C@@H]2C[C@@H](C(F)(F)F)n3nc(C(=O)Nc4cccc5ccccc45)c(Cl)c3N2)cc1OC. The van der Waals surface area contributed by atoms with Gasteiger partial charge in [0, 0.05) is 17.5 Å². The number of nitrogens with one attached hydrogen (secondary N) is 2. The van der Waals surface area contributed by atoms with Crippen LogP contribution >= 0.6 is 11.6 Å². The summed E-state index contributed by atoms with van der Waals surface area (Å²) >= 11 is 6.48. The molecule has 0 unspecified atom stereocenters. The predicted octanol–water partition coefficient (Wildman–Crippen LogP) is 6.62. The van der Waals surface area contributed by atoms with Crippen molar-refractivity contribution in [2.24, 2.45) is 0 Å². The minimum absolute atomic E-state index is 0.0851. The molecule has 5 rings (SSSR count). The van der Waals surface area contributed by atoms with E-state index in [4.69, 9.17) is 21.1 Å². The Morgan fingerprint density at radius 3 is 2.54 bits per heavy atom. The molecule has 0 radical (unpaired) electrons. The van der Waals surface area contributed by atoms with E-state index in [9.17, 15) is 18.0 Å². The highest BCUT2D eigenvalue weighted by molar-refractivity contribution is 6.36. The zero-order valence-corrected chi connectivity index (χ0v) is 20.5. The molecule has 0 bridgehead atoms. The predicted molar refractivity (Wildman–Crippen MR) is 135 cm³/mol. The molecule has 11 heteroatoms. The minimum atomic E-state index is -4.63. The van der Waals surface area contributed by atoms with Gasteiger partial charge in [-0.05, 0) is 29.1 Å². The number of halogens is 4. The number of rotatable bonds is 5. The molecule has 2 heterocycles. The van der Waals surface area contributed by atoms with Crippen molar-refractivity contribution in [1.82, 2.24) is 9.78 Å². The zero-order chi connectivity index (χ0) is 26.3. The largest absolute Gasteiger partial charge is 0.493 e. The Hall–Kier alpha value is -3.92. The average Bonchev–Trinajstić information content (AvgIpc) is 3.23. The third-order valence-electron chi connectivity index (χ3n) is 6.36. The number of nitrogens with zero attached hydrogens (tertiary/aromatic N) is 2. The van der Waals surface area contributed by atoms with Gasteiger partial charge in [0.15, 0.2) is 23.2 Å². The molecule has 1 amide bonds. The Kier molecular flexibility index (Phi) is 6.36.